The molecule has 1 unspecified atom stereocenters. The van der Waals surface area contributed by atoms with E-state index in [0.717, 1.165) is 6.42 Å². The van der Waals surface area contributed by atoms with Gasteiger partial charge in [-0.3, -0.25) is 9.59 Å². The largest absolute Gasteiger partial charge is 0.497 e. The molecule has 0 spiro atoms. The van der Waals surface area contributed by atoms with Crippen LogP contribution in [0.25, 0.3) is 22.3 Å². The van der Waals surface area contributed by atoms with Crippen LogP contribution in [-0.4, -0.2) is 19.1 Å². The SMILES string of the molecule is CCc1ccc(NC(=O)C(CC)Oc2c(-c3ccc(OC)cc3)oc3ccccc3c2=O)cc1. The van der Waals surface area contributed by atoms with Crippen LogP contribution in [0.15, 0.2) is 82.0 Å². The van der Waals surface area contributed by atoms with Gasteiger partial charge >= 0.3 is 0 Å². The molecule has 0 aliphatic rings. The summed E-state index contributed by atoms with van der Waals surface area (Å²) >= 11 is 0. The molecule has 0 radical (unpaired) electrons. The fraction of sp³-hybridized carbons (Fsp3) is 0.214. The number of carbonyl (C=O) groups excluding carboxylic acids is 1. The Kier molecular flexibility index (Phi) is 6.97. The van der Waals surface area contributed by atoms with Crippen molar-refractivity contribution in [3.05, 3.63) is 88.6 Å². The number of hydrogen-bond acceptors (Lipinski definition) is 5. The van der Waals surface area contributed by atoms with Gasteiger partial charge in [-0.1, -0.05) is 38.1 Å². The molecule has 0 saturated heterocycles. The van der Waals surface area contributed by atoms with Crippen molar-refractivity contribution in [2.24, 2.45) is 0 Å². The maximum absolute atomic E-state index is 13.4. The molecule has 4 aromatic rings. The highest BCUT2D eigenvalue weighted by Crippen LogP contribution is 2.32. The first-order valence-electron chi connectivity index (χ1n) is 11.3. The highest BCUT2D eigenvalue weighted by Gasteiger charge is 2.25. The van der Waals surface area contributed by atoms with Crippen LogP contribution in [0.1, 0.15) is 25.8 Å². The number of aryl methyl sites for hydroxylation is 1. The van der Waals surface area contributed by atoms with Gasteiger partial charge < -0.3 is 19.2 Å². The van der Waals surface area contributed by atoms with E-state index in [4.69, 9.17) is 13.9 Å². The van der Waals surface area contributed by atoms with Gasteiger partial charge in [0.25, 0.3) is 5.91 Å². The normalized spacial score (nSPS) is 11.7. The Morgan fingerprint density at radius 1 is 0.971 bits per heavy atom. The fourth-order valence-electron chi connectivity index (χ4n) is 3.68. The van der Waals surface area contributed by atoms with Gasteiger partial charge in [0.1, 0.15) is 11.3 Å². The minimum atomic E-state index is -0.882. The summed E-state index contributed by atoms with van der Waals surface area (Å²) in [6.45, 7) is 3.91. The zero-order valence-corrected chi connectivity index (χ0v) is 19.5. The van der Waals surface area contributed by atoms with E-state index in [9.17, 15) is 9.59 Å². The molecule has 0 saturated carbocycles. The van der Waals surface area contributed by atoms with Crippen molar-refractivity contribution >= 4 is 22.6 Å². The van der Waals surface area contributed by atoms with Crippen molar-refractivity contribution in [1.82, 2.24) is 0 Å². The molecule has 0 fully saturated rings. The summed E-state index contributed by atoms with van der Waals surface area (Å²) in [6.07, 6.45) is 0.403. The lowest BCUT2D eigenvalue weighted by molar-refractivity contribution is -0.122. The van der Waals surface area contributed by atoms with E-state index in [0.29, 0.717) is 34.4 Å². The molecule has 1 N–H and O–H groups in total. The fourth-order valence-corrected chi connectivity index (χ4v) is 3.68. The summed E-state index contributed by atoms with van der Waals surface area (Å²) in [5.74, 6) is 0.617. The predicted octanol–water partition coefficient (Wildman–Crippen LogP) is 5.83. The third-order valence-electron chi connectivity index (χ3n) is 5.66. The Morgan fingerprint density at radius 3 is 2.32 bits per heavy atom. The van der Waals surface area contributed by atoms with Crippen LogP contribution in [0.3, 0.4) is 0 Å². The third kappa shape index (κ3) is 4.81. The van der Waals surface area contributed by atoms with Gasteiger partial charge in [-0.15, -0.1) is 0 Å². The minimum Gasteiger partial charge on any atom is -0.497 e. The lowest BCUT2D eigenvalue weighted by atomic mass is 10.1. The van der Waals surface area contributed by atoms with Crippen LogP contribution >= 0.6 is 0 Å². The number of carbonyl (C=O) groups is 1. The molecule has 174 valence electrons. The van der Waals surface area contributed by atoms with Crippen LogP contribution in [0.5, 0.6) is 11.5 Å². The van der Waals surface area contributed by atoms with E-state index in [-0.39, 0.29) is 22.8 Å². The maximum atomic E-state index is 13.4. The van der Waals surface area contributed by atoms with E-state index in [1.54, 1.807) is 55.6 Å². The molecular formula is C28H27NO5. The number of ether oxygens (including phenoxy) is 2. The molecule has 0 aliphatic carbocycles. The van der Waals surface area contributed by atoms with Crippen molar-refractivity contribution < 1.29 is 18.7 Å². The topological polar surface area (TPSA) is 77.8 Å². The van der Waals surface area contributed by atoms with Gasteiger partial charge in [-0.25, -0.2) is 0 Å². The molecule has 0 bridgehead atoms. The van der Waals surface area contributed by atoms with Crippen LogP contribution in [-0.2, 0) is 11.2 Å². The standard InChI is InChI=1S/C28H27NO5/c1-4-18-10-14-20(15-11-18)29-28(31)23(5-2)33-27-25(30)22-8-6-7-9-24(22)34-26(27)19-12-16-21(32-3)17-13-19/h6-17,23H,4-5H2,1-3H3,(H,29,31). The van der Waals surface area contributed by atoms with E-state index < -0.39 is 6.10 Å². The lowest BCUT2D eigenvalue weighted by Gasteiger charge is -2.19. The summed E-state index contributed by atoms with van der Waals surface area (Å²) in [5.41, 5.74) is 2.61. The molecule has 6 nitrogen and oxygen atoms in total. The first kappa shape index (κ1) is 23.1. The number of fused-ring (bicyclic) bond motifs is 1. The van der Waals surface area contributed by atoms with Crippen LogP contribution < -0.4 is 20.2 Å². The van der Waals surface area contributed by atoms with Crippen molar-refractivity contribution in [1.29, 1.82) is 0 Å². The first-order valence-corrected chi connectivity index (χ1v) is 11.3. The zero-order valence-electron chi connectivity index (χ0n) is 19.5. The molecule has 0 aliphatic heterocycles. The van der Waals surface area contributed by atoms with Crippen molar-refractivity contribution in [3.8, 4) is 22.8 Å². The number of rotatable bonds is 8. The summed E-state index contributed by atoms with van der Waals surface area (Å²) < 4.78 is 17.4. The lowest BCUT2D eigenvalue weighted by Crippen LogP contribution is -2.34. The van der Waals surface area contributed by atoms with Crippen LogP contribution in [0.2, 0.25) is 0 Å². The van der Waals surface area contributed by atoms with Gasteiger partial charge in [0.05, 0.1) is 12.5 Å². The Morgan fingerprint density at radius 2 is 1.68 bits per heavy atom. The first-order chi connectivity index (χ1) is 16.5. The second kappa shape index (κ2) is 10.3. The van der Waals surface area contributed by atoms with Gasteiger partial charge in [0.2, 0.25) is 11.2 Å². The molecule has 1 heterocycles. The predicted molar refractivity (Wildman–Crippen MR) is 134 cm³/mol. The smallest absolute Gasteiger partial charge is 0.265 e. The zero-order chi connectivity index (χ0) is 24.1. The number of nitrogens with one attached hydrogen (secondary N) is 1. The van der Waals surface area contributed by atoms with E-state index in [1.165, 1.54) is 5.56 Å². The van der Waals surface area contributed by atoms with E-state index in [1.807, 2.05) is 31.2 Å². The van der Waals surface area contributed by atoms with Crippen LogP contribution in [0, 0.1) is 0 Å². The van der Waals surface area contributed by atoms with E-state index in [2.05, 4.69) is 12.2 Å². The molecule has 34 heavy (non-hydrogen) atoms. The Labute approximate surface area is 198 Å². The summed E-state index contributed by atoms with van der Waals surface area (Å²) in [6, 6.07) is 21.8. The Balaban J connectivity index is 1.71. The van der Waals surface area contributed by atoms with Gasteiger partial charge in [-0.2, -0.15) is 0 Å². The summed E-state index contributed by atoms with van der Waals surface area (Å²) in [5, 5.41) is 3.27. The Bertz CT molecular complexity index is 1340. The average Bonchev–Trinajstić information content (AvgIpc) is 2.88. The third-order valence-corrected chi connectivity index (χ3v) is 5.66. The molecule has 1 aromatic heterocycles. The van der Waals surface area contributed by atoms with Crippen LogP contribution in [0.4, 0.5) is 5.69 Å². The molecule has 1 amide bonds. The maximum Gasteiger partial charge on any atom is 0.265 e. The number of amides is 1. The van der Waals surface area contributed by atoms with Crippen molar-refractivity contribution in [3.63, 3.8) is 0 Å². The highest BCUT2D eigenvalue weighted by atomic mass is 16.5. The number of para-hydroxylation sites is 1. The van der Waals surface area contributed by atoms with Gasteiger partial charge in [0.15, 0.2) is 11.9 Å². The molecule has 3 aromatic carbocycles. The number of benzene rings is 3. The van der Waals surface area contributed by atoms with Gasteiger partial charge in [-0.05, 0) is 66.9 Å². The summed E-state index contributed by atoms with van der Waals surface area (Å²) in [4.78, 5) is 26.4. The molecule has 4 rings (SSSR count). The monoisotopic (exact) mass is 457 g/mol. The summed E-state index contributed by atoms with van der Waals surface area (Å²) in [7, 11) is 1.58. The quantitative estimate of drug-likeness (QED) is 0.360. The van der Waals surface area contributed by atoms with E-state index >= 15 is 0 Å². The van der Waals surface area contributed by atoms with Gasteiger partial charge in [0, 0.05) is 11.3 Å². The number of methoxy groups -OCH3 is 1. The van der Waals surface area contributed by atoms with Crippen molar-refractivity contribution in [2.45, 2.75) is 32.8 Å². The second-order valence-electron chi connectivity index (χ2n) is 7.87. The minimum absolute atomic E-state index is 0.00666. The van der Waals surface area contributed by atoms with Crippen molar-refractivity contribution in [2.75, 3.05) is 12.4 Å². The molecule has 6 heteroatoms. The Hall–Kier alpha value is -4.06. The molecule has 1 atom stereocenters. The highest BCUT2D eigenvalue weighted by molar-refractivity contribution is 5.94. The average molecular weight is 458 g/mol. The number of hydrogen-bond donors (Lipinski definition) is 1. The molecular weight excluding hydrogens is 430 g/mol. The number of anilines is 1. The second-order valence-corrected chi connectivity index (χ2v) is 7.87.